The summed E-state index contributed by atoms with van der Waals surface area (Å²) in [6, 6.07) is 8.09. The van der Waals surface area contributed by atoms with Gasteiger partial charge in [-0.25, -0.2) is 9.59 Å². The summed E-state index contributed by atoms with van der Waals surface area (Å²) < 4.78 is 19.6. The second kappa shape index (κ2) is 35.3. The van der Waals surface area contributed by atoms with Gasteiger partial charge in [0.2, 0.25) is 5.75 Å². The van der Waals surface area contributed by atoms with Crippen LogP contribution in [0.3, 0.4) is 0 Å². The van der Waals surface area contributed by atoms with E-state index in [1.165, 1.54) is 172 Å². The maximum absolute atomic E-state index is 11.8. The SMILES string of the molecule is CCCCCCCCCCCCOc1cc(/C=C/c2cc(C(=O)O)cc(C(=O)O)c2)cc(OCCCCCCCCCCCC)c1OCCCCCCCCCCCC. The van der Waals surface area contributed by atoms with E-state index in [-0.39, 0.29) is 11.1 Å². The van der Waals surface area contributed by atoms with Gasteiger partial charge in [0.15, 0.2) is 11.5 Å². The number of aromatic carboxylic acids is 2. The molecule has 0 aliphatic carbocycles. The van der Waals surface area contributed by atoms with E-state index in [9.17, 15) is 19.8 Å². The first-order valence-corrected chi connectivity index (χ1v) is 24.3. The van der Waals surface area contributed by atoms with Crippen LogP contribution < -0.4 is 14.2 Å². The fourth-order valence-electron chi connectivity index (χ4n) is 7.54. The maximum atomic E-state index is 11.8. The molecule has 2 N–H and O–H groups in total. The fourth-order valence-corrected chi connectivity index (χ4v) is 7.54. The number of carboxylic acids is 2. The van der Waals surface area contributed by atoms with Crippen LogP contribution >= 0.6 is 0 Å². The third-order valence-corrected chi connectivity index (χ3v) is 11.2. The highest BCUT2D eigenvalue weighted by Crippen LogP contribution is 2.40. The molecular weight excluding hydrogens is 737 g/mol. The lowest BCUT2D eigenvalue weighted by atomic mass is 10.0. The summed E-state index contributed by atoms with van der Waals surface area (Å²) in [6.45, 7) is 8.54. The van der Waals surface area contributed by atoms with E-state index in [0.717, 1.165) is 44.1 Å². The molecule has 7 nitrogen and oxygen atoms in total. The minimum absolute atomic E-state index is 0.0682. The van der Waals surface area contributed by atoms with Gasteiger partial charge in [-0.1, -0.05) is 206 Å². The van der Waals surface area contributed by atoms with Crippen molar-refractivity contribution in [2.75, 3.05) is 19.8 Å². The molecule has 0 unspecified atom stereocenters. The van der Waals surface area contributed by atoms with Crippen LogP contribution in [0.1, 0.15) is 245 Å². The van der Waals surface area contributed by atoms with Crippen LogP contribution in [0.25, 0.3) is 12.2 Å². The highest BCUT2D eigenvalue weighted by atomic mass is 16.5. The zero-order valence-corrected chi connectivity index (χ0v) is 37.8. The highest BCUT2D eigenvalue weighted by Gasteiger charge is 2.16. The lowest BCUT2D eigenvalue weighted by molar-refractivity contribution is 0.0696. The average Bonchev–Trinajstić information content (AvgIpc) is 3.23. The first-order chi connectivity index (χ1) is 28.9. The molecule has 0 aromatic heterocycles. The molecule has 0 atom stereocenters. The Morgan fingerprint density at radius 1 is 0.390 bits per heavy atom. The monoisotopic (exact) mass is 821 g/mol. The molecular formula is C52H84O7. The Hall–Kier alpha value is -3.48. The summed E-state index contributed by atoms with van der Waals surface area (Å²) in [5.41, 5.74) is 1.16. The molecule has 2 rings (SSSR count). The third-order valence-electron chi connectivity index (χ3n) is 11.2. The second-order valence-corrected chi connectivity index (χ2v) is 16.7. The van der Waals surface area contributed by atoms with Crippen molar-refractivity contribution in [3.8, 4) is 17.2 Å². The standard InChI is InChI=1S/C52H84O7/c1-4-7-10-13-16-19-22-25-28-31-36-57-48-41-45(35-34-44-39-46(51(53)54)43-47(40-44)52(55)56)42-49(58-37-32-29-26-23-20-17-14-11-8-5-2)50(48)59-38-33-30-27-24-21-18-15-12-9-6-3/h34-35,39-43H,4-33,36-38H2,1-3H3,(H,53,54)(H,55,56)/b35-34+. The summed E-state index contributed by atoms with van der Waals surface area (Å²) in [6.07, 6.45) is 41.2. The summed E-state index contributed by atoms with van der Waals surface area (Å²) in [7, 11) is 0. The van der Waals surface area contributed by atoms with Gasteiger partial charge in [-0.2, -0.15) is 0 Å². The molecule has 0 aliphatic rings. The third kappa shape index (κ3) is 25.7. The Kier molecular flexibility index (Phi) is 30.9. The minimum atomic E-state index is -1.17. The normalized spacial score (nSPS) is 11.4. The Labute approximate surface area is 360 Å². The Balaban J connectivity index is 2.18. The maximum Gasteiger partial charge on any atom is 0.335 e. The van der Waals surface area contributed by atoms with Gasteiger partial charge >= 0.3 is 11.9 Å². The van der Waals surface area contributed by atoms with Gasteiger partial charge in [0.1, 0.15) is 0 Å². The largest absolute Gasteiger partial charge is 0.490 e. The Bertz CT molecular complexity index is 1320. The van der Waals surface area contributed by atoms with E-state index < -0.39 is 11.9 Å². The van der Waals surface area contributed by atoms with E-state index in [1.54, 1.807) is 6.08 Å². The smallest absolute Gasteiger partial charge is 0.335 e. The lowest BCUT2D eigenvalue weighted by Gasteiger charge is -2.18. The van der Waals surface area contributed by atoms with Gasteiger partial charge in [0.05, 0.1) is 30.9 Å². The molecule has 0 aliphatic heterocycles. The van der Waals surface area contributed by atoms with Crippen LogP contribution in [0.2, 0.25) is 0 Å². The number of hydrogen-bond donors (Lipinski definition) is 2. The van der Waals surface area contributed by atoms with Crippen LogP contribution in [0.4, 0.5) is 0 Å². The van der Waals surface area contributed by atoms with Gasteiger partial charge in [-0.3, -0.25) is 0 Å². The number of ether oxygens (including phenoxy) is 3. The zero-order valence-electron chi connectivity index (χ0n) is 37.8. The van der Waals surface area contributed by atoms with E-state index in [2.05, 4.69) is 20.8 Å². The van der Waals surface area contributed by atoms with Crippen molar-refractivity contribution in [1.29, 1.82) is 0 Å². The quantitative estimate of drug-likeness (QED) is 0.0510. The van der Waals surface area contributed by atoms with Crippen molar-refractivity contribution in [1.82, 2.24) is 0 Å². The molecule has 0 spiro atoms. The van der Waals surface area contributed by atoms with Crippen molar-refractivity contribution in [2.45, 2.75) is 213 Å². The number of rotatable bonds is 40. The van der Waals surface area contributed by atoms with Crippen LogP contribution in [-0.2, 0) is 0 Å². The molecule has 0 bridgehead atoms. The first kappa shape index (κ1) is 51.7. The van der Waals surface area contributed by atoms with Gasteiger partial charge in [-0.15, -0.1) is 0 Å². The molecule has 2 aromatic rings. The number of hydrogen-bond acceptors (Lipinski definition) is 5. The molecule has 2 aromatic carbocycles. The fraction of sp³-hybridized carbons (Fsp3) is 0.692. The van der Waals surface area contributed by atoms with Crippen molar-refractivity contribution < 1.29 is 34.0 Å². The molecule has 0 saturated heterocycles. The minimum Gasteiger partial charge on any atom is -0.490 e. The van der Waals surface area contributed by atoms with Crippen LogP contribution in [0.5, 0.6) is 17.2 Å². The van der Waals surface area contributed by atoms with Crippen LogP contribution in [-0.4, -0.2) is 42.0 Å². The van der Waals surface area contributed by atoms with E-state index in [4.69, 9.17) is 14.2 Å². The summed E-state index contributed by atoms with van der Waals surface area (Å²) in [4.78, 5) is 23.6. The second-order valence-electron chi connectivity index (χ2n) is 16.7. The van der Waals surface area contributed by atoms with Crippen molar-refractivity contribution in [2.24, 2.45) is 0 Å². The molecule has 0 saturated carbocycles. The Morgan fingerprint density at radius 2 is 0.661 bits per heavy atom. The van der Waals surface area contributed by atoms with Gasteiger partial charge in [0, 0.05) is 0 Å². The van der Waals surface area contributed by atoms with E-state index >= 15 is 0 Å². The molecule has 334 valence electrons. The molecule has 0 radical (unpaired) electrons. The molecule has 0 fully saturated rings. The number of benzene rings is 2. The predicted octanol–water partition coefficient (Wildman–Crippen LogP) is 16.2. The van der Waals surface area contributed by atoms with Crippen LogP contribution in [0.15, 0.2) is 30.3 Å². The van der Waals surface area contributed by atoms with Gasteiger partial charge in [-0.05, 0) is 60.7 Å². The summed E-state index contributed by atoms with van der Waals surface area (Å²) in [5.74, 6) is -0.385. The first-order valence-electron chi connectivity index (χ1n) is 24.3. The zero-order chi connectivity index (χ0) is 42.6. The van der Waals surface area contributed by atoms with E-state index in [0.29, 0.717) is 42.6 Å². The number of unbranched alkanes of at least 4 members (excludes halogenated alkanes) is 27. The predicted molar refractivity (Wildman–Crippen MR) is 248 cm³/mol. The molecule has 0 amide bonds. The molecule has 7 heteroatoms. The van der Waals surface area contributed by atoms with Gasteiger partial charge in [0.25, 0.3) is 0 Å². The van der Waals surface area contributed by atoms with Crippen molar-refractivity contribution in [3.05, 3.63) is 52.6 Å². The van der Waals surface area contributed by atoms with Crippen molar-refractivity contribution in [3.63, 3.8) is 0 Å². The van der Waals surface area contributed by atoms with E-state index in [1.807, 2.05) is 18.2 Å². The summed E-state index contributed by atoms with van der Waals surface area (Å²) in [5, 5.41) is 19.2. The van der Waals surface area contributed by atoms with Gasteiger partial charge < -0.3 is 24.4 Å². The highest BCUT2D eigenvalue weighted by molar-refractivity contribution is 5.95. The summed E-state index contributed by atoms with van der Waals surface area (Å²) >= 11 is 0. The topological polar surface area (TPSA) is 102 Å². The van der Waals surface area contributed by atoms with Crippen molar-refractivity contribution >= 4 is 24.1 Å². The Morgan fingerprint density at radius 3 is 0.966 bits per heavy atom. The number of carboxylic acid groups (broad SMARTS) is 2. The lowest BCUT2D eigenvalue weighted by Crippen LogP contribution is -2.07. The average molecular weight is 821 g/mol. The molecule has 59 heavy (non-hydrogen) atoms. The number of carbonyl (C=O) groups is 2. The molecule has 0 heterocycles. The van der Waals surface area contributed by atoms with Crippen LogP contribution in [0, 0.1) is 0 Å².